The molecule has 0 radical (unpaired) electrons. The van der Waals surface area contributed by atoms with Crippen LogP contribution in [0.25, 0.3) is 33.3 Å². The highest BCUT2D eigenvalue weighted by atomic mass is 19.1. The molecular formula is C31H32FN7O3. The number of fused-ring (bicyclic) bond motifs is 5. The first-order valence-electron chi connectivity index (χ1n) is 14.2. The van der Waals surface area contributed by atoms with Crippen LogP contribution in [0.3, 0.4) is 0 Å². The monoisotopic (exact) mass is 569 g/mol. The number of nitrogens with zero attached hydrogens (tertiary/aromatic N) is 5. The third-order valence-corrected chi connectivity index (χ3v) is 9.31. The summed E-state index contributed by atoms with van der Waals surface area (Å²) in [6.07, 6.45) is 7.58. The van der Waals surface area contributed by atoms with Crippen molar-refractivity contribution < 1.29 is 14.3 Å². The average molecular weight is 570 g/mol. The van der Waals surface area contributed by atoms with Crippen LogP contribution in [0, 0.1) is 11.7 Å². The van der Waals surface area contributed by atoms with Crippen molar-refractivity contribution in [1.29, 1.82) is 0 Å². The number of rotatable bonds is 5. The first kappa shape index (κ1) is 26.4. The summed E-state index contributed by atoms with van der Waals surface area (Å²) in [6, 6.07) is 5.22. The Morgan fingerprint density at radius 3 is 2.67 bits per heavy atom. The quantitative estimate of drug-likeness (QED) is 0.292. The van der Waals surface area contributed by atoms with Crippen LogP contribution in [0.1, 0.15) is 34.5 Å². The van der Waals surface area contributed by atoms with Crippen LogP contribution in [0.5, 0.6) is 0 Å². The van der Waals surface area contributed by atoms with E-state index in [1.807, 2.05) is 6.20 Å². The average Bonchev–Trinajstić information content (AvgIpc) is 3.56. The molecule has 0 amide bonds. The van der Waals surface area contributed by atoms with E-state index in [2.05, 4.69) is 32.6 Å². The fourth-order valence-electron chi connectivity index (χ4n) is 7.17. The largest absolute Gasteiger partial charge is 0.477 e. The summed E-state index contributed by atoms with van der Waals surface area (Å²) in [5.41, 5.74) is 9.00. The zero-order valence-electron chi connectivity index (χ0n) is 23.7. The SMILES string of the molecule is CNc1cc(F)cc2c1Cc1ncc(-c3cnc4c(c3)c(=O)c(C(=O)O)cn4NC)c(N3CC[C@H]4CCN(C)C4C3)c1-2. The number of aromatic carboxylic acids is 1. The van der Waals surface area contributed by atoms with Gasteiger partial charge in [0.1, 0.15) is 11.4 Å². The van der Waals surface area contributed by atoms with Crippen LogP contribution < -0.4 is 21.1 Å². The lowest BCUT2D eigenvalue weighted by atomic mass is 9.90. The van der Waals surface area contributed by atoms with Gasteiger partial charge in [-0.05, 0) is 61.7 Å². The standard InChI is InChI=1S/C31H32FN7O3/c1-33-24-10-18(32)9-20-19(24)11-25-27(20)28(38-7-5-16-4-6-37(3)26(16)15-38)22(13-35-25)17-8-21-29(40)23(31(41)42)14-39(34-2)30(21)36-12-17/h8-10,12-14,16,26,33-34H,4-7,11,15H2,1-3H3,(H,41,42)/t16-,26?/m1/s1. The molecule has 3 aliphatic rings. The number of anilines is 2. The maximum atomic E-state index is 14.9. The number of pyridine rings is 3. The fourth-order valence-corrected chi connectivity index (χ4v) is 7.17. The van der Waals surface area contributed by atoms with Crippen molar-refractivity contribution >= 4 is 28.4 Å². The van der Waals surface area contributed by atoms with Crippen molar-refractivity contribution in [3.8, 4) is 22.3 Å². The Kier molecular flexibility index (Phi) is 6.16. The van der Waals surface area contributed by atoms with E-state index in [1.54, 1.807) is 32.4 Å². The van der Waals surface area contributed by atoms with E-state index >= 15 is 0 Å². The summed E-state index contributed by atoms with van der Waals surface area (Å²) in [4.78, 5) is 39.4. The molecule has 2 aliphatic heterocycles. The summed E-state index contributed by atoms with van der Waals surface area (Å²) in [6.45, 7) is 2.74. The summed E-state index contributed by atoms with van der Waals surface area (Å²) in [7, 11) is 5.60. The number of hydrogen-bond donors (Lipinski definition) is 3. The number of carbonyl (C=O) groups is 1. The number of likely N-dealkylation sites (N-methyl/N-ethyl adjacent to an activating group) is 1. The molecule has 1 unspecified atom stereocenters. The number of benzene rings is 1. The molecule has 1 aliphatic carbocycles. The van der Waals surface area contributed by atoms with Gasteiger partial charge in [0.05, 0.1) is 16.8 Å². The first-order chi connectivity index (χ1) is 20.3. The van der Waals surface area contributed by atoms with Gasteiger partial charge in [0.25, 0.3) is 0 Å². The van der Waals surface area contributed by atoms with Gasteiger partial charge < -0.3 is 25.6 Å². The molecule has 0 spiro atoms. The van der Waals surface area contributed by atoms with Gasteiger partial charge in [-0.1, -0.05) is 0 Å². The van der Waals surface area contributed by atoms with E-state index < -0.39 is 11.4 Å². The zero-order chi connectivity index (χ0) is 29.3. The van der Waals surface area contributed by atoms with Gasteiger partial charge in [0, 0.05) is 80.6 Å². The Bertz CT molecular complexity index is 1840. The first-order valence-corrected chi connectivity index (χ1v) is 14.2. The van der Waals surface area contributed by atoms with Gasteiger partial charge in [-0.15, -0.1) is 0 Å². The van der Waals surface area contributed by atoms with Gasteiger partial charge in [-0.2, -0.15) is 0 Å². The van der Waals surface area contributed by atoms with Crippen molar-refractivity contribution in [1.82, 2.24) is 19.5 Å². The van der Waals surface area contributed by atoms with E-state index in [4.69, 9.17) is 4.98 Å². The molecule has 2 atom stereocenters. The predicted octanol–water partition coefficient (Wildman–Crippen LogP) is 3.61. The van der Waals surface area contributed by atoms with Crippen molar-refractivity contribution in [2.24, 2.45) is 5.92 Å². The number of carboxylic acid groups (broad SMARTS) is 1. The van der Waals surface area contributed by atoms with Crippen LogP contribution in [-0.4, -0.2) is 77.4 Å². The summed E-state index contributed by atoms with van der Waals surface area (Å²) in [5.74, 6) is -0.988. The van der Waals surface area contributed by atoms with E-state index in [1.165, 1.54) is 23.4 Å². The van der Waals surface area contributed by atoms with E-state index in [-0.39, 0.29) is 16.8 Å². The molecule has 5 heterocycles. The molecule has 216 valence electrons. The molecule has 0 saturated carbocycles. The van der Waals surface area contributed by atoms with E-state index in [0.717, 1.165) is 65.4 Å². The van der Waals surface area contributed by atoms with Gasteiger partial charge >= 0.3 is 5.97 Å². The normalized spacial score (nSPS) is 19.5. The molecule has 1 aromatic carbocycles. The molecular weight excluding hydrogens is 537 g/mol. The predicted molar refractivity (Wildman–Crippen MR) is 161 cm³/mol. The van der Waals surface area contributed by atoms with E-state index in [9.17, 15) is 19.1 Å². The highest BCUT2D eigenvalue weighted by Gasteiger charge is 2.39. The van der Waals surface area contributed by atoms with Gasteiger partial charge in [0.2, 0.25) is 5.43 Å². The molecule has 11 heteroatoms. The van der Waals surface area contributed by atoms with Crippen molar-refractivity contribution in [3.05, 3.63) is 69.7 Å². The van der Waals surface area contributed by atoms with Gasteiger partial charge in [-0.25, -0.2) is 18.8 Å². The van der Waals surface area contributed by atoms with Crippen LogP contribution in [-0.2, 0) is 6.42 Å². The van der Waals surface area contributed by atoms with Crippen LogP contribution >= 0.6 is 0 Å². The van der Waals surface area contributed by atoms with Crippen LogP contribution in [0.4, 0.5) is 15.8 Å². The summed E-state index contributed by atoms with van der Waals surface area (Å²) >= 11 is 0. The minimum Gasteiger partial charge on any atom is -0.477 e. The van der Waals surface area contributed by atoms with Crippen LogP contribution in [0.2, 0.25) is 0 Å². The maximum absolute atomic E-state index is 14.9. The summed E-state index contributed by atoms with van der Waals surface area (Å²) in [5, 5.41) is 13.0. The zero-order valence-corrected chi connectivity index (χ0v) is 23.7. The third kappa shape index (κ3) is 3.94. The fraction of sp³-hybridized carbons (Fsp3) is 0.355. The van der Waals surface area contributed by atoms with Crippen molar-refractivity contribution in [3.63, 3.8) is 0 Å². The second-order valence-electron chi connectivity index (χ2n) is 11.4. The van der Waals surface area contributed by atoms with Crippen molar-refractivity contribution in [2.75, 3.05) is 56.4 Å². The molecule has 3 N–H and O–H groups in total. The van der Waals surface area contributed by atoms with Crippen molar-refractivity contribution in [2.45, 2.75) is 25.3 Å². The lowest BCUT2D eigenvalue weighted by Crippen LogP contribution is -2.47. The number of hydrogen-bond acceptors (Lipinski definition) is 8. The van der Waals surface area contributed by atoms with Gasteiger partial charge in [0.15, 0.2) is 5.65 Å². The Labute approximate surface area is 241 Å². The van der Waals surface area contributed by atoms with Gasteiger partial charge in [-0.3, -0.25) is 9.78 Å². The maximum Gasteiger partial charge on any atom is 0.341 e. The van der Waals surface area contributed by atoms with E-state index in [0.29, 0.717) is 29.6 Å². The topological polar surface area (TPSA) is 116 Å². The summed E-state index contributed by atoms with van der Waals surface area (Å²) < 4.78 is 16.4. The number of aromatic nitrogens is 3. The molecule has 7 rings (SSSR count). The molecule has 2 saturated heterocycles. The smallest absolute Gasteiger partial charge is 0.341 e. The molecule has 2 fully saturated rings. The molecule has 4 aromatic rings. The Morgan fingerprint density at radius 1 is 1.10 bits per heavy atom. The number of carboxylic acids is 1. The lowest BCUT2D eigenvalue weighted by Gasteiger charge is -2.40. The minimum absolute atomic E-state index is 0.186. The number of likely N-dealkylation sites (tertiary alicyclic amines) is 1. The number of piperidine rings is 1. The second-order valence-corrected chi connectivity index (χ2v) is 11.4. The number of halogens is 1. The Morgan fingerprint density at radius 2 is 1.90 bits per heavy atom. The minimum atomic E-state index is -1.31. The molecule has 10 nitrogen and oxygen atoms in total. The molecule has 0 bridgehead atoms. The Balaban J connectivity index is 1.48. The highest BCUT2D eigenvalue weighted by Crippen LogP contribution is 2.49. The number of nitrogens with one attached hydrogen (secondary N) is 2. The molecule has 42 heavy (non-hydrogen) atoms. The van der Waals surface area contributed by atoms with Crippen LogP contribution in [0.15, 0.2) is 41.6 Å². The second kappa shape index (κ2) is 9.80. The third-order valence-electron chi connectivity index (χ3n) is 9.31. The lowest BCUT2D eigenvalue weighted by molar-refractivity contribution is 0.0695. The molecule has 3 aromatic heterocycles. The Hall–Kier alpha value is -4.51. The highest BCUT2D eigenvalue weighted by molar-refractivity contribution is 5.98.